The van der Waals surface area contributed by atoms with Gasteiger partial charge in [0.05, 0.1) is 10.5 Å². The molecule has 0 aliphatic carbocycles. The van der Waals surface area contributed by atoms with Crippen LogP contribution >= 0.6 is 15.9 Å². The molecule has 6 heteroatoms. The van der Waals surface area contributed by atoms with E-state index in [0.29, 0.717) is 22.3 Å². The molecule has 0 spiro atoms. The van der Waals surface area contributed by atoms with E-state index in [2.05, 4.69) is 15.9 Å². The van der Waals surface area contributed by atoms with Crippen molar-refractivity contribution >= 4 is 21.6 Å². The summed E-state index contributed by atoms with van der Waals surface area (Å²) in [4.78, 5) is 10.6. The third-order valence-corrected chi connectivity index (χ3v) is 3.29. The predicted octanol–water partition coefficient (Wildman–Crippen LogP) is 3.40. The molecule has 2 aromatic carbocycles. The van der Waals surface area contributed by atoms with Crippen LogP contribution in [0, 0.1) is 10.1 Å². The lowest BCUT2D eigenvalue weighted by atomic mass is 10.2. The number of halogens is 1. The van der Waals surface area contributed by atoms with Crippen LogP contribution in [0.25, 0.3) is 0 Å². The van der Waals surface area contributed by atoms with Gasteiger partial charge in [0.15, 0.2) is 0 Å². The minimum absolute atomic E-state index is 0.0398. The lowest BCUT2D eigenvalue weighted by Crippen LogP contribution is -2.01. The van der Waals surface area contributed by atoms with Gasteiger partial charge in [-0.1, -0.05) is 28.1 Å². The summed E-state index contributed by atoms with van der Waals surface area (Å²) in [6.07, 6.45) is 0. The van der Waals surface area contributed by atoms with E-state index in [9.17, 15) is 10.1 Å². The SMILES string of the molecule is NCc1ccc(OCc2ccc(Br)cc2[N+](=O)[O-])cc1. The fraction of sp³-hybridized carbons (Fsp3) is 0.143. The second-order valence-electron chi connectivity index (χ2n) is 4.17. The Balaban J connectivity index is 2.12. The molecule has 2 rings (SSSR count). The second-order valence-corrected chi connectivity index (χ2v) is 5.08. The van der Waals surface area contributed by atoms with E-state index in [1.807, 2.05) is 12.1 Å². The van der Waals surface area contributed by atoms with Crippen LogP contribution in [0.1, 0.15) is 11.1 Å². The van der Waals surface area contributed by atoms with E-state index < -0.39 is 4.92 Å². The standard InChI is InChI=1S/C14H13BrN2O3/c15-12-4-3-11(14(7-12)17(18)19)9-20-13-5-1-10(8-16)2-6-13/h1-7H,8-9,16H2. The maximum atomic E-state index is 11.0. The first-order valence-corrected chi connectivity index (χ1v) is 6.74. The van der Waals surface area contributed by atoms with Crippen molar-refractivity contribution in [1.29, 1.82) is 0 Å². The van der Waals surface area contributed by atoms with Crippen molar-refractivity contribution in [3.8, 4) is 5.75 Å². The smallest absolute Gasteiger partial charge is 0.277 e. The molecule has 2 aromatic rings. The van der Waals surface area contributed by atoms with Gasteiger partial charge in [-0.2, -0.15) is 0 Å². The van der Waals surface area contributed by atoms with E-state index in [1.54, 1.807) is 24.3 Å². The Labute approximate surface area is 124 Å². The average Bonchev–Trinajstić information content (AvgIpc) is 2.46. The Bertz CT molecular complexity index is 614. The van der Waals surface area contributed by atoms with E-state index >= 15 is 0 Å². The van der Waals surface area contributed by atoms with Gasteiger partial charge < -0.3 is 10.5 Å². The number of ether oxygens (including phenoxy) is 1. The summed E-state index contributed by atoms with van der Waals surface area (Å²) >= 11 is 3.22. The summed E-state index contributed by atoms with van der Waals surface area (Å²) in [6.45, 7) is 0.615. The second kappa shape index (κ2) is 6.49. The summed E-state index contributed by atoms with van der Waals surface area (Å²) in [5, 5.41) is 11.0. The molecule has 0 radical (unpaired) electrons. The van der Waals surface area contributed by atoms with Crippen LogP contribution in [0.4, 0.5) is 5.69 Å². The van der Waals surface area contributed by atoms with Crippen LogP contribution in [-0.4, -0.2) is 4.92 Å². The molecule has 0 saturated carbocycles. The van der Waals surface area contributed by atoms with Gasteiger partial charge >= 0.3 is 0 Å². The van der Waals surface area contributed by atoms with Crippen LogP contribution in [0.2, 0.25) is 0 Å². The molecule has 0 saturated heterocycles. The molecule has 0 fully saturated rings. The lowest BCUT2D eigenvalue weighted by Gasteiger charge is -2.07. The van der Waals surface area contributed by atoms with Crippen molar-refractivity contribution < 1.29 is 9.66 Å². The maximum absolute atomic E-state index is 11.0. The number of rotatable bonds is 5. The molecule has 20 heavy (non-hydrogen) atoms. The minimum atomic E-state index is -0.416. The first-order chi connectivity index (χ1) is 9.60. The van der Waals surface area contributed by atoms with Gasteiger partial charge in [-0.3, -0.25) is 10.1 Å². The highest BCUT2D eigenvalue weighted by atomic mass is 79.9. The summed E-state index contributed by atoms with van der Waals surface area (Å²) in [5.41, 5.74) is 7.09. The van der Waals surface area contributed by atoms with Gasteiger partial charge in [0.1, 0.15) is 12.4 Å². The zero-order chi connectivity index (χ0) is 14.5. The minimum Gasteiger partial charge on any atom is -0.489 e. The van der Waals surface area contributed by atoms with Crippen LogP contribution in [0.3, 0.4) is 0 Å². The first-order valence-electron chi connectivity index (χ1n) is 5.95. The maximum Gasteiger partial charge on any atom is 0.277 e. The van der Waals surface area contributed by atoms with Gasteiger partial charge in [0, 0.05) is 17.1 Å². The number of nitrogens with two attached hydrogens (primary N) is 1. The Morgan fingerprint density at radius 2 is 1.90 bits per heavy atom. The quantitative estimate of drug-likeness (QED) is 0.670. The van der Waals surface area contributed by atoms with E-state index in [4.69, 9.17) is 10.5 Å². The van der Waals surface area contributed by atoms with E-state index in [0.717, 1.165) is 5.56 Å². The van der Waals surface area contributed by atoms with Crippen LogP contribution < -0.4 is 10.5 Å². The van der Waals surface area contributed by atoms with Crippen molar-refractivity contribution in [3.05, 3.63) is 68.2 Å². The fourth-order valence-electron chi connectivity index (χ4n) is 1.71. The van der Waals surface area contributed by atoms with Crippen LogP contribution in [-0.2, 0) is 13.2 Å². The van der Waals surface area contributed by atoms with E-state index in [1.165, 1.54) is 6.07 Å². The summed E-state index contributed by atoms with van der Waals surface area (Å²) < 4.78 is 6.23. The van der Waals surface area contributed by atoms with Crippen molar-refractivity contribution in [2.24, 2.45) is 5.73 Å². The number of nitro benzene ring substituents is 1. The first kappa shape index (κ1) is 14.5. The van der Waals surface area contributed by atoms with Crippen molar-refractivity contribution in [1.82, 2.24) is 0 Å². The zero-order valence-corrected chi connectivity index (χ0v) is 12.2. The number of nitrogens with zero attached hydrogens (tertiary/aromatic N) is 1. The van der Waals surface area contributed by atoms with Crippen molar-refractivity contribution in [3.63, 3.8) is 0 Å². The molecule has 0 aliphatic heterocycles. The highest BCUT2D eigenvalue weighted by molar-refractivity contribution is 9.10. The van der Waals surface area contributed by atoms with Crippen molar-refractivity contribution in [2.45, 2.75) is 13.2 Å². The average molecular weight is 337 g/mol. The van der Waals surface area contributed by atoms with Gasteiger partial charge in [-0.05, 0) is 29.8 Å². The third-order valence-electron chi connectivity index (χ3n) is 2.80. The summed E-state index contributed by atoms with van der Waals surface area (Å²) in [7, 11) is 0. The Hall–Kier alpha value is -1.92. The zero-order valence-electron chi connectivity index (χ0n) is 10.6. The topological polar surface area (TPSA) is 78.4 Å². The summed E-state index contributed by atoms with van der Waals surface area (Å²) in [6, 6.07) is 12.2. The largest absolute Gasteiger partial charge is 0.489 e. The molecule has 0 aliphatic rings. The van der Waals surface area contributed by atoms with Gasteiger partial charge in [0.25, 0.3) is 5.69 Å². The number of hydrogen-bond acceptors (Lipinski definition) is 4. The Morgan fingerprint density at radius 1 is 1.20 bits per heavy atom. The highest BCUT2D eigenvalue weighted by Gasteiger charge is 2.14. The normalized spacial score (nSPS) is 10.3. The Kier molecular flexibility index (Phi) is 4.70. The fourth-order valence-corrected chi connectivity index (χ4v) is 2.06. The lowest BCUT2D eigenvalue weighted by molar-refractivity contribution is -0.385. The molecule has 2 N–H and O–H groups in total. The monoisotopic (exact) mass is 336 g/mol. The number of nitro groups is 1. The molecule has 5 nitrogen and oxygen atoms in total. The predicted molar refractivity (Wildman–Crippen MR) is 79.5 cm³/mol. The highest BCUT2D eigenvalue weighted by Crippen LogP contribution is 2.25. The third kappa shape index (κ3) is 3.55. The molecular formula is C14H13BrN2O3. The Morgan fingerprint density at radius 3 is 2.50 bits per heavy atom. The summed E-state index contributed by atoms with van der Waals surface area (Å²) in [5.74, 6) is 0.652. The molecule has 0 aromatic heterocycles. The number of hydrogen-bond donors (Lipinski definition) is 1. The van der Waals surface area contributed by atoms with Crippen molar-refractivity contribution in [2.75, 3.05) is 0 Å². The van der Waals surface area contributed by atoms with Gasteiger partial charge in [-0.25, -0.2) is 0 Å². The molecule has 104 valence electrons. The molecule has 0 bridgehead atoms. The molecular weight excluding hydrogens is 324 g/mol. The van der Waals surface area contributed by atoms with Crippen LogP contribution in [0.5, 0.6) is 5.75 Å². The molecule has 0 amide bonds. The molecule has 0 heterocycles. The van der Waals surface area contributed by atoms with Gasteiger partial charge in [0.2, 0.25) is 0 Å². The molecule has 0 atom stereocenters. The van der Waals surface area contributed by atoms with E-state index in [-0.39, 0.29) is 12.3 Å². The molecule has 0 unspecified atom stereocenters. The van der Waals surface area contributed by atoms with Gasteiger partial charge in [-0.15, -0.1) is 0 Å². The number of benzene rings is 2. The van der Waals surface area contributed by atoms with Crippen LogP contribution in [0.15, 0.2) is 46.9 Å².